The monoisotopic (exact) mass is 350 g/mol. The summed E-state index contributed by atoms with van der Waals surface area (Å²) in [6, 6.07) is 9.90. The van der Waals surface area contributed by atoms with E-state index >= 15 is 0 Å². The summed E-state index contributed by atoms with van der Waals surface area (Å²) in [7, 11) is 1.99. The van der Waals surface area contributed by atoms with Crippen LogP contribution in [0.25, 0.3) is 11.3 Å². The fourth-order valence-corrected chi connectivity index (χ4v) is 3.62. The molecule has 1 unspecified atom stereocenters. The van der Waals surface area contributed by atoms with Crippen LogP contribution in [-0.2, 0) is 24.7 Å². The Kier molecular flexibility index (Phi) is 4.28. The highest BCUT2D eigenvalue weighted by Crippen LogP contribution is 2.28. The highest BCUT2D eigenvalue weighted by Gasteiger charge is 2.27. The Morgan fingerprint density at radius 1 is 1.15 bits per heavy atom. The van der Waals surface area contributed by atoms with E-state index < -0.39 is 0 Å². The van der Waals surface area contributed by atoms with Gasteiger partial charge in [0, 0.05) is 43.4 Å². The largest absolute Gasteiger partial charge is 0.340 e. The van der Waals surface area contributed by atoms with Gasteiger partial charge in [-0.3, -0.25) is 9.48 Å². The van der Waals surface area contributed by atoms with Crippen molar-refractivity contribution < 1.29 is 4.79 Å². The molecule has 1 aliphatic rings. The summed E-state index contributed by atoms with van der Waals surface area (Å²) in [5.41, 5.74) is 4.62. The summed E-state index contributed by atoms with van der Waals surface area (Å²) in [5.74, 6) is 0.0810. The Hall–Kier alpha value is -2.96. The summed E-state index contributed by atoms with van der Waals surface area (Å²) in [6.07, 6.45) is 4.66. The molecule has 134 valence electrons. The van der Waals surface area contributed by atoms with E-state index in [1.165, 1.54) is 17.6 Å². The third-order valence-electron chi connectivity index (χ3n) is 5.07. The number of rotatable bonds is 3. The Labute approximate surface area is 152 Å². The van der Waals surface area contributed by atoms with Crippen LogP contribution in [0.3, 0.4) is 0 Å². The Balaban J connectivity index is 1.57. The lowest BCUT2D eigenvalue weighted by Gasteiger charge is -2.24. The molecule has 3 heterocycles. The molecule has 1 amide bonds. The molecule has 0 saturated heterocycles. The number of nitrogens with zero attached hydrogens (tertiary/aromatic N) is 6. The number of aromatic nitrogens is 5. The van der Waals surface area contributed by atoms with E-state index in [0.717, 1.165) is 24.1 Å². The van der Waals surface area contributed by atoms with Crippen LogP contribution in [0.5, 0.6) is 0 Å². The van der Waals surface area contributed by atoms with Crippen molar-refractivity contribution in [3.63, 3.8) is 0 Å². The standard InChI is InChI=1S/C19H22N6O/c1-14(25-13-20-12-21-25)19(26)24-10-8-16-17(9-11-24)23(2)22-18(16)15-6-4-3-5-7-15/h3-7,12-14H,8-11H2,1-2H3. The lowest BCUT2D eigenvalue weighted by Crippen LogP contribution is -2.38. The van der Waals surface area contributed by atoms with E-state index in [4.69, 9.17) is 5.10 Å². The van der Waals surface area contributed by atoms with E-state index in [0.29, 0.717) is 13.1 Å². The van der Waals surface area contributed by atoms with Crippen LogP contribution >= 0.6 is 0 Å². The molecule has 0 aliphatic carbocycles. The highest BCUT2D eigenvalue weighted by atomic mass is 16.2. The minimum Gasteiger partial charge on any atom is -0.340 e. The van der Waals surface area contributed by atoms with Crippen molar-refractivity contribution in [2.24, 2.45) is 7.05 Å². The van der Waals surface area contributed by atoms with Gasteiger partial charge in [-0.05, 0) is 13.3 Å². The number of fused-ring (bicyclic) bond motifs is 1. The molecule has 1 atom stereocenters. The van der Waals surface area contributed by atoms with Crippen molar-refractivity contribution in [2.75, 3.05) is 13.1 Å². The Morgan fingerprint density at radius 2 is 1.92 bits per heavy atom. The van der Waals surface area contributed by atoms with E-state index in [-0.39, 0.29) is 11.9 Å². The van der Waals surface area contributed by atoms with Crippen LogP contribution < -0.4 is 0 Å². The van der Waals surface area contributed by atoms with E-state index in [2.05, 4.69) is 22.2 Å². The minimum atomic E-state index is -0.342. The molecule has 0 bridgehead atoms. The topological polar surface area (TPSA) is 68.8 Å². The second kappa shape index (κ2) is 6.74. The average molecular weight is 350 g/mol. The van der Waals surface area contributed by atoms with Gasteiger partial charge < -0.3 is 4.90 Å². The van der Waals surface area contributed by atoms with Gasteiger partial charge in [0.2, 0.25) is 5.91 Å². The predicted octanol–water partition coefficient (Wildman–Crippen LogP) is 1.87. The maximum atomic E-state index is 12.9. The predicted molar refractivity (Wildman–Crippen MR) is 97.4 cm³/mol. The van der Waals surface area contributed by atoms with Crippen LogP contribution in [0.4, 0.5) is 0 Å². The fourth-order valence-electron chi connectivity index (χ4n) is 3.62. The molecule has 1 aliphatic heterocycles. The molecular weight excluding hydrogens is 328 g/mol. The number of benzene rings is 1. The van der Waals surface area contributed by atoms with Crippen LogP contribution in [0.2, 0.25) is 0 Å². The molecule has 2 aromatic heterocycles. The molecule has 1 aromatic carbocycles. The van der Waals surface area contributed by atoms with Gasteiger partial charge in [-0.1, -0.05) is 30.3 Å². The molecule has 0 saturated carbocycles. The smallest absolute Gasteiger partial charge is 0.247 e. The van der Waals surface area contributed by atoms with Gasteiger partial charge in [-0.15, -0.1) is 0 Å². The first-order valence-corrected chi connectivity index (χ1v) is 8.88. The summed E-state index contributed by atoms with van der Waals surface area (Å²) in [5, 5.41) is 8.84. The number of aryl methyl sites for hydroxylation is 1. The number of hydrogen-bond donors (Lipinski definition) is 0. The van der Waals surface area contributed by atoms with Crippen molar-refractivity contribution in [3.05, 3.63) is 54.2 Å². The van der Waals surface area contributed by atoms with E-state index in [1.54, 1.807) is 11.0 Å². The zero-order valence-electron chi connectivity index (χ0n) is 15.0. The second-order valence-corrected chi connectivity index (χ2v) is 6.64. The fraction of sp³-hybridized carbons (Fsp3) is 0.368. The normalized spacial score (nSPS) is 15.4. The van der Waals surface area contributed by atoms with Gasteiger partial charge >= 0.3 is 0 Å². The molecule has 7 heteroatoms. The average Bonchev–Trinajstić information content (AvgIpc) is 3.24. The minimum absolute atomic E-state index is 0.0810. The Bertz CT molecular complexity index is 900. The molecule has 0 spiro atoms. The van der Waals surface area contributed by atoms with Gasteiger partial charge in [-0.2, -0.15) is 10.2 Å². The SMILES string of the molecule is CC(C(=O)N1CCc2c(-c3ccccc3)nn(C)c2CC1)n1cncn1. The summed E-state index contributed by atoms with van der Waals surface area (Å²) >= 11 is 0. The molecule has 3 aromatic rings. The van der Waals surface area contributed by atoms with Crippen molar-refractivity contribution >= 4 is 5.91 Å². The van der Waals surface area contributed by atoms with Gasteiger partial charge in [0.05, 0.1) is 5.69 Å². The summed E-state index contributed by atoms with van der Waals surface area (Å²) in [4.78, 5) is 18.7. The lowest BCUT2D eigenvalue weighted by atomic mass is 10.0. The van der Waals surface area contributed by atoms with Crippen LogP contribution in [0.1, 0.15) is 24.2 Å². The first kappa shape index (κ1) is 16.5. The second-order valence-electron chi connectivity index (χ2n) is 6.64. The summed E-state index contributed by atoms with van der Waals surface area (Å²) < 4.78 is 3.57. The lowest BCUT2D eigenvalue weighted by molar-refractivity contribution is -0.134. The molecule has 4 rings (SSSR count). The zero-order chi connectivity index (χ0) is 18.1. The van der Waals surface area contributed by atoms with Crippen LogP contribution in [-0.4, -0.2) is 48.4 Å². The van der Waals surface area contributed by atoms with Gasteiger partial charge in [0.15, 0.2) is 0 Å². The van der Waals surface area contributed by atoms with Crippen LogP contribution in [0, 0.1) is 0 Å². The molecular formula is C19H22N6O. The maximum absolute atomic E-state index is 12.9. The number of carbonyl (C=O) groups is 1. The number of amides is 1. The third-order valence-corrected chi connectivity index (χ3v) is 5.07. The maximum Gasteiger partial charge on any atom is 0.247 e. The van der Waals surface area contributed by atoms with Crippen molar-refractivity contribution in [1.29, 1.82) is 0 Å². The van der Waals surface area contributed by atoms with Crippen molar-refractivity contribution in [2.45, 2.75) is 25.8 Å². The molecule has 0 N–H and O–H groups in total. The molecule has 7 nitrogen and oxygen atoms in total. The van der Waals surface area contributed by atoms with Crippen molar-refractivity contribution in [3.8, 4) is 11.3 Å². The van der Waals surface area contributed by atoms with Crippen molar-refractivity contribution in [1.82, 2.24) is 29.4 Å². The van der Waals surface area contributed by atoms with Gasteiger partial charge in [-0.25, -0.2) is 9.67 Å². The number of carbonyl (C=O) groups excluding carboxylic acids is 1. The van der Waals surface area contributed by atoms with Crippen LogP contribution in [0.15, 0.2) is 43.0 Å². The Morgan fingerprint density at radius 3 is 2.65 bits per heavy atom. The van der Waals surface area contributed by atoms with Gasteiger partial charge in [0.25, 0.3) is 0 Å². The quantitative estimate of drug-likeness (QED) is 0.723. The number of hydrogen-bond acceptors (Lipinski definition) is 4. The van der Waals surface area contributed by atoms with Gasteiger partial charge in [0.1, 0.15) is 18.7 Å². The highest BCUT2D eigenvalue weighted by molar-refractivity contribution is 5.80. The summed E-state index contributed by atoms with van der Waals surface area (Å²) in [6.45, 7) is 3.25. The first-order chi connectivity index (χ1) is 12.6. The molecule has 0 fully saturated rings. The van der Waals surface area contributed by atoms with E-state index in [1.807, 2.05) is 41.8 Å². The molecule has 0 radical (unpaired) electrons. The third kappa shape index (κ3) is 2.89. The van der Waals surface area contributed by atoms with E-state index in [9.17, 15) is 4.79 Å². The molecule has 26 heavy (non-hydrogen) atoms. The first-order valence-electron chi connectivity index (χ1n) is 8.88. The zero-order valence-corrected chi connectivity index (χ0v) is 15.0.